The molecule has 0 amide bonds. The van der Waals surface area contributed by atoms with Gasteiger partial charge in [-0.05, 0) is 85.9 Å². The van der Waals surface area contributed by atoms with Gasteiger partial charge in [-0.2, -0.15) is 0 Å². The van der Waals surface area contributed by atoms with Gasteiger partial charge >= 0.3 is 0 Å². The predicted octanol–water partition coefficient (Wildman–Crippen LogP) is -3.67. The smallest absolute Gasteiger partial charge is 0.189 e. The first-order chi connectivity index (χ1) is 35.6. The summed E-state index contributed by atoms with van der Waals surface area (Å²) in [5, 5.41) is 148. The molecule has 4 aliphatic carbocycles. The maximum Gasteiger partial charge on any atom is 0.189 e. The molecular formula is C51H82O24. The van der Waals surface area contributed by atoms with E-state index in [1.165, 1.54) is 5.57 Å². The molecule has 10 aliphatic rings. The lowest BCUT2D eigenvalue weighted by Gasteiger charge is -2.59. The molecular weight excluding hydrogens is 997 g/mol. The van der Waals surface area contributed by atoms with E-state index in [0.29, 0.717) is 43.4 Å². The van der Waals surface area contributed by atoms with Crippen LogP contribution in [0.15, 0.2) is 11.6 Å². The van der Waals surface area contributed by atoms with Crippen molar-refractivity contribution in [2.75, 3.05) is 26.4 Å². The zero-order valence-electron chi connectivity index (χ0n) is 42.9. The summed E-state index contributed by atoms with van der Waals surface area (Å²) in [5.74, 6) is 0.202. The first kappa shape index (κ1) is 57.0. The van der Waals surface area contributed by atoms with Crippen LogP contribution in [0.1, 0.15) is 85.5 Å². The largest absolute Gasteiger partial charge is 0.394 e. The minimum Gasteiger partial charge on any atom is -0.394 e. The molecule has 9 fully saturated rings. The molecule has 24 nitrogen and oxygen atoms in total. The standard InChI is InChI=1S/C51H82O24/c1-19-7-12-51(75-44(19)73-47-41(65)38(62)34(58)29(17-54)69-47)20(2)31-26(74-51)14-25-23-6-5-21-13-22(8-10-49(21,3)24(23)9-11-50(25,31)4)66-48-43(72-46-40(64)37(61)33(57)28(16-53)68-46)42(35(59)30(18-55)70-48)71-45-39(63)36(60)32(56)27(15-52)67-45/h5,19-20,22-48,52-65H,6-18H2,1-4H3. The van der Waals surface area contributed by atoms with Crippen LogP contribution in [0.4, 0.5) is 0 Å². The van der Waals surface area contributed by atoms with Gasteiger partial charge in [0, 0.05) is 18.3 Å². The molecule has 32 unspecified atom stereocenters. The molecule has 10 rings (SSSR count). The molecule has 430 valence electrons. The number of allylic oxidation sites excluding steroid dienone is 1. The first-order valence-corrected chi connectivity index (χ1v) is 27.2. The highest BCUT2D eigenvalue weighted by Gasteiger charge is 2.70. The molecule has 0 bridgehead atoms. The molecule has 6 saturated heterocycles. The minimum absolute atomic E-state index is 0.00964. The molecule has 24 heteroatoms. The lowest BCUT2D eigenvalue weighted by atomic mass is 9.47. The average Bonchev–Trinajstić information content (AvgIpc) is 3.91. The second-order valence-corrected chi connectivity index (χ2v) is 24.0. The summed E-state index contributed by atoms with van der Waals surface area (Å²) in [7, 11) is 0. The van der Waals surface area contributed by atoms with Gasteiger partial charge in [0.25, 0.3) is 0 Å². The van der Waals surface area contributed by atoms with Gasteiger partial charge in [-0.1, -0.05) is 39.3 Å². The van der Waals surface area contributed by atoms with Gasteiger partial charge in [-0.15, -0.1) is 0 Å². The third kappa shape index (κ3) is 9.71. The Morgan fingerprint density at radius 2 is 1.04 bits per heavy atom. The number of rotatable bonds is 12. The predicted molar refractivity (Wildman–Crippen MR) is 249 cm³/mol. The van der Waals surface area contributed by atoms with E-state index in [1.54, 1.807) is 0 Å². The van der Waals surface area contributed by atoms with Crippen LogP contribution in [-0.4, -0.2) is 245 Å². The van der Waals surface area contributed by atoms with Gasteiger partial charge < -0.3 is 119 Å². The van der Waals surface area contributed by atoms with E-state index in [2.05, 4.69) is 26.8 Å². The van der Waals surface area contributed by atoms with Crippen LogP contribution >= 0.6 is 0 Å². The molecule has 0 aromatic heterocycles. The van der Waals surface area contributed by atoms with E-state index in [1.807, 2.05) is 6.92 Å². The topological polar surface area (TPSA) is 376 Å². The lowest BCUT2D eigenvalue weighted by molar-refractivity contribution is -0.398. The molecule has 14 N–H and O–H groups in total. The zero-order chi connectivity index (χ0) is 53.8. The molecule has 6 aliphatic heterocycles. The summed E-state index contributed by atoms with van der Waals surface area (Å²) in [4.78, 5) is 0. The SMILES string of the molecule is CC1CCC2(OC3CC4C5CC=C6CC(OC7OC(CO)C(O)C(OC8OC(CO)C(O)C(O)C8O)C7OC7OC(CO)C(O)C(O)C7O)CCC6(C)C5CCC4(C)C3C2C)OC1OC1OC(CO)C(O)C(O)C1O. The third-order valence-corrected chi connectivity index (χ3v) is 20.0. The normalized spacial score (nSPS) is 56.9. The van der Waals surface area contributed by atoms with Gasteiger partial charge in [0.05, 0.1) is 38.6 Å². The van der Waals surface area contributed by atoms with Gasteiger partial charge in [-0.25, -0.2) is 0 Å². The van der Waals surface area contributed by atoms with Crippen LogP contribution in [0.5, 0.6) is 0 Å². The van der Waals surface area contributed by atoms with Crippen molar-refractivity contribution >= 4 is 0 Å². The first-order valence-electron chi connectivity index (χ1n) is 27.2. The van der Waals surface area contributed by atoms with E-state index in [9.17, 15) is 71.5 Å². The molecule has 0 aromatic rings. The zero-order valence-corrected chi connectivity index (χ0v) is 42.9. The van der Waals surface area contributed by atoms with E-state index < -0.39 is 167 Å². The van der Waals surface area contributed by atoms with Crippen molar-refractivity contribution < 1.29 is 119 Å². The van der Waals surface area contributed by atoms with Crippen molar-refractivity contribution in [2.45, 2.75) is 233 Å². The Balaban J connectivity index is 0.844. The molecule has 75 heavy (non-hydrogen) atoms. The highest BCUT2D eigenvalue weighted by atomic mass is 16.8. The van der Waals surface area contributed by atoms with E-state index >= 15 is 0 Å². The molecule has 32 atom stereocenters. The Morgan fingerprint density at radius 1 is 0.520 bits per heavy atom. The van der Waals surface area contributed by atoms with E-state index in [0.717, 1.165) is 32.1 Å². The average molecular weight is 1080 g/mol. The maximum absolute atomic E-state index is 11.7. The minimum atomic E-state index is -1.91. The second kappa shape index (κ2) is 21.9. The third-order valence-electron chi connectivity index (χ3n) is 20.0. The fraction of sp³-hybridized carbons (Fsp3) is 0.961. The molecule has 6 heterocycles. The number of aliphatic hydroxyl groups is 14. The summed E-state index contributed by atoms with van der Waals surface area (Å²) in [6, 6.07) is 0. The fourth-order valence-corrected chi connectivity index (χ4v) is 15.6. The van der Waals surface area contributed by atoms with Crippen molar-refractivity contribution in [3.05, 3.63) is 11.6 Å². The van der Waals surface area contributed by atoms with Crippen molar-refractivity contribution in [1.29, 1.82) is 0 Å². The van der Waals surface area contributed by atoms with Gasteiger partial charge in [-0.3, -0.25) is 0 Å². The summed E-state index contributed by atoms with van der Waals surface area (Å²) in [6.07, 6.45) is -24.7. The van der Waals surface area contributed by atoms with Gasteiger partial charge in [0.1, 0.15) is 97.7 Å². The number of fused-ring (bicyclic) bond motifs is 7. The van der Waals surface area contributed by atoms with Crippen molar-refractivity contribution in [3.63, 3.8) is 0 Å². The summed E-state index contributed by atoms with van der Waals surface area (Å²) >= 11 is 0. The number of hydrogen-bond acceptors (Lipinski definition) is 24. The lowest BCUT2D eigenvalue weighted by Crippen LogP contribution is -2.67. The quantitative estimate of drug-likeness (QED) is 0.0838. The number of ether oxygens (including phenoxy) is 10. The molecule has 0 aromatic carbocycles. The van der Waals surface area contributed by atoms with Crippen LogP contribution in [0.2, 0.25) is 0 Å². The Kier molecular flexibility index (Phi) is 16.7. The van der Waals surface area contributed by atoms with E-state index in [4.69, 9.17) is 47.4 Å². The van der Waals surface area contributed by atoms with Gasteiger partial charge in [0.2, 0.25) is 0 Å². The number of aliphatic hydroxyl groups excluding tert-OH is 14. The van der Waals surface area contributed by atoms with Gasteiger partial charge in [0.15, 0.2) is 37.2 Å². The van der Waals surface area contributed by atoms with Crippen LogP contribution in [0.3, 0.4) is 0 Å². The Labute approximate surface area is 434 Å². The van der Waals surface area contributed by atoms with Crippen LogP contribution in [0, 0.1) is 46.3 Å². The monoisotopic (exact) mass is 1080 g/mol. The van der Waals surface area contributed by atoms with Crippen LogP contribution < -0.4 is 0 Å². The maximum atomic E-state index is 11.7. The molecule has 1 spiro atoms. The molecule has 3 saturated carbocycles. The Hall–Kier alpha value is -1.22. The fourth-order valence-electron chi connectivity index (χ4n) is 15.6. The van der Waals surface area contributed by atoms with Crippen molar-refractivity contribution in [1.82, 2.24) is 0 Å². The Morgan fingerprint density at radius 3 is 1.60 bits per heavy atom. The molecule has 0 radical (unpaired) electrons. The van der Waals surface area contributed by atoms with Crippen molar-refractivity contribution in [2.24, 2.45) is 46.3 Å². The summed E-state index contributed by atoms with van der Waals surface area (Å²) < 4.78 is 62.4. The summed E-state index contributed by atoms with van der Waals surface area (Å²) in [6.45, 7) is 6.04. The highest BCUT2D eigenvalue weighted by molar-refractivity contribution is 5.26. The van der Waals surface area contributed by atoms with Crippen LogP contribution in [0.25, 0.3) is 0 Å². The Bertz CT molecular complexity index is 1980. The van der Waals surface area contributed by atoms with Crippen molar-refractivity contribution in [3.8, 4) is 0 Å². The highest BCUT2D eigenvalue weighted by Crippen LogP contribution is 2.71. The van der Waals surface area contributed by atoms with E-state index in [-0.39, 0.29) is 34.7 Å². The second-order valence-electron chi connectivity index (χ2n) is 24.0. The summed E-state index contributed by atoms with van der Waals surface area (Å²) in [5.41, 5.74) is 0.967. The number of hydrogen-bond donors (Lipinski definition) is 14. The van der Waals surface area contributed by atoms with Crippen LogP contribution in [-0.2, 0) is 47.4 Å².